The van der Waals surface area contributed by atoms with E-state index in [4.69, 9.17) is 11.6 Å². The summed E-state index contributed by atoms with van der Waals surface area (Å²) in [5.41, 5.74) is -0.334. The van der Waals surface area contributed by atoms with Crippen LogP contribution in [0, 0.1) is 0 Å². The molecule has 0 aromatic heterocycles. The van der Waals surface area contributed by atoms with Gasteiger partial charge in [0.25, 0.3) is 0 Å². The molecule has 6 heteroatoms. The zero-order chi connectivity index (χ0) is 14.2. The van der Waals surface area contributed by atoms with E-state index < -0.39 is 11.5 Å². The quantitative estimate of drug-likeness (QED) is 0.867. The zero-order valence-corrected chi connectivity index (χ0v) is 11.5. The molecule has 0 spiro atoms. The van der Waals surface area contributed by atoms with Crippen molar-refractivity contribution in [3.05, 3.63) is 28.8 Å². The predicted molar refractivity (Wildman–Crippen MR) is 72.8 cm³/mol. The minimum atomic E-state index is -1.06. The lowest BCUT2D eigenvalue weighted by Crippen LogP contribution is -2.62. The molecule has 0 atom stereocenters. The number of nitrogens with one attached hydrogen (secondary N) is 1. The lowest BCUT2D eigenvalue weighted by Gasteiger charge is -2.43. The molecule has 2 rings (SSSR count). The Bertz CT molecular complexity index is 543. The SMILES string of the molecule is CC1(C)C(=O)NCCN1c1c(Cl)cccc1C(=O)O. The van der Waals surface area contributed by atoms with Gasteiger partial charge in [-0.25, -0.2) is 4.79 Å². The standard InChI is InChI=1S/C13H15ClN2O3/c1-13(2)12(19)15-6-7-16(13)10-8(11(17)18)4-3-5-9(10)14/h3-5H,6-7H2,1-2H3,(H,15,19)(H,17,18). The van der Waals surface area contributed by atoms with Gasteiger partial charge in [-0.2, -0.15) is 0 Å². The summed E-state index contributed by atoms with van der Waals surface area (Å²) in [6.07, 6.45) is 0. The van der Waals surface area contributed by atoms with Crippen molar-refractivity contribution in [3.63, 3.8) is 0 Å². The Morgan fingerprint density at radius 2 is 2.16 bits per heavy atom. The number of carboxylic acid groups (broad SMARTS) is 1. The number of amides is 1. The summed E-state index contributed by atoms with van der Waals surface area (Å²) < 4.78 is 0. The van der Waals surface area contributed by atoms with Crippen LogP contribution in [0.25, 0.3) is 0 Å². The van der Waals surface area contributed by atoms with Crippen LogP contribution in [-0.2, 0) is 4.79 Å². The first-order valence-corrected chi connectivity index (χ1v) is 6.31. The van der Waals surface area contributed by atoms with Crippen molar-refractivity contribution in [2.75, 3.05) is 18.0 Å². The lowest BCUT2D eigenvalue weighted by atomic mass is 9.96. The summed E-state index contributed by atoms with van der Waals surface area (Å²) >= 11 is 6.15. The summed E-state index contributed by atoms with van der Waals surface area (Å²) in [7, 11) is 0. The minimum Gasteiger partial charge on any atom is -0.478 e. The number of halogens is 1. The van der Waals surface area contributed by atoms with Crippen LogP contribution in [0.15, 0.2) is 18.2 Å². The first-order valence-electron chi connectivity index (χ1n) is 5.93. The van der Waals surface area contributed by atoms with Gasteiger partial charge in [-0.05, 0) is 26.0 Å². The molecule has 0 unspecified atom stereocenters. The molecule has 1 heterocycles. The van der Waals surface area contributed by atoms with Gasteiger partial charge in [0.15, 0.2) is 0 Å². The van der Waals surface area contributed by atoms with E-state index in [1.54, 1.807) is 30.9 Å². The molecule has 1 saturated heterocycles. The number of piperazine rings is 1. The first kappa shape index (κ1) is 13.7. The average Bonchev–Trinajstić information content (AvgIpc) is 2.33. The maximum absolute atomic E-state index is 11.9. The van der Waals surface area contributed by atoms with Gasteiger partial charge in [0.1, 0.15) is 5.54 Å². The van der Waals surface area contributed by atoms with Gasteiger partial charge in [0.2, 0.25) is 5.91 Å². The average molecular weight is 283 g/mol. The molecule has 0 saturated carbocycles. The first-order chi connectivity index (χ1) is 8.85. The van der Waals surface area contributed by atoms with E-state index in [0.29, 0.717) is 23.8 Å². The maximum Gasteiger partial charge on any atom is 0.337 e. The molecule has 1 aliphatic rings. The molecule has 1 amide bonds. The Kier molecular flexibility index (Phi) is 3.41. The highest BCUT2D eigenvalue weighted by Crippen LogP contribution is 2.35. The fourth-order valence-electron chi connectivity index (χ4n) is 2.25. The lowest BCUT2D eigenvalue weighted by molar-refractivity contribution is -0.126. The number of anilines is 1. The van der Waals surface area contributed by atoms with Gasteiger partial charge in [0.05, 0.1) is 16.3 Å². The monoisotopic (exact) mass is 282 g/mol. The van der Waals surface area contributed by atoms with Gasteiger partial charge < -0.3 is 15.3 Å². The van der Waals surface area contributed by atoms with Crippen LogP contribution in [0.3, 0.4) is 0 Å². The second kappa shape index (κ2) is 4.74. The number of hydrogen-bond acceptors (Lipinski definition) is 3. The van der Waals surface area contributed by atoms with Crippen molar-refractivity contribution >= 4 is 29.2 Å². The Morgan fingerprint density at radius 1 is 1.47 bits per heavy atom. The van der Waals surface area contributed by atoms with E-state index in [1.807, 2.05) is 0 Å². The smallest absolute Gasteiger partial charge is 0.337 e. The highest BCUT2D eigenvalue weighted by atomic mass is 35.5. The minimum absolute atomic E-state index is 0.107. The molecule has 1 aromatic rings. The van der Waals surface area contributed by atoms with Crippen LogP contribution in [0.4, 0.5) is 5.69 Å². The van der Waals surface area contributed by atoms with Gasteiger partial charge in [0, 0.05) is 13.1 Å². The van der Waals surface area contributed by atoms with Crippen molar-refractivity contribution in [1.29, 1.82) is 0 Å². The highest BCUT2D eigenvalue weighted by Gasteiger charge is 2.39. The van der Waals surface area contributed by atoms with Crippen LogP contribution < -0.4 is 10.2 Å². The third-order valence-corrected chi connectivity index (χ3v) is 3.64. The molecule has 0 bridgehead atoms. The van der Waals surface area contributed by atoms with Crippen molar-refractivity contribution in [2.45, 2.75) is 19.4 Å². The van der Waals surface area contributed by atoms with Crippen LogP contribution in [0.1, 0.15) is 24.2 Å². The second-order valence-electron chi connectivity index (χ2n) is 4.91. The van der Waals surface area contributed by atoms with Gasteiger partial charge in [-0.3, -0.25) is 4.79 Å². The van der Waals surface area contributed by atoms with E-state index in [2.05, 4.69) is 5.32 Å². The highest BCUT2D eigenvalue weighted by molar-refractivity contribution is 6.34. The number of aromatic carboxylic acids is 1. The zero-order valence-electron chi connectivity index (χ0n) is 10.7. The number of hydrogen-bond donors (Lipinski definition) is 2. The van der Waals surface area contributed by atoms with Crippen molar-refractivity contribution in [3.8, 4) is 0 Å². The van der Waals surface area contributed by atoms with Gasteiger partial charge in [-0.1, -0.05) is 17.7 Å². The van der Waals surface area contributed by atoms with Crippen molar-refractivity contribution < 1.29 is 14.7 Å². The van der Waals surface area contributed by atoms with E-state index >= 15 is 0 Å². The van der Waals surface area contributed by atoms with E-state index in [9.17, 15) is 14.7 Å². The van der Waals surface area contributed by atoms with E-state index in [1.165, 1.54) is 6.07 Å². The predicted octanol–water partition coefficient (Wildman–Crippen LogP) is 1.75. The summed E-state index contributed by atoms with van der Waals surface area (Å²) in [6, 6.07) is 4.71. The largest absolute Gasteiger partial charge is 0.478 e. The molecular weight excluding hydrogens is 268 g/mol. The summed E-state index contributed by atoms with van der Waals surface area (Å²) in [4.78, 5) is 25.0. The molecule has 2 N–H and O–H groups in total. The molecule has 19 heavy (non-hydrogen) atoms. The number of carboxylic acids is 1. The summed E-state index contributed by atoms with van der Waals surface area (Å²) in [5, 5.41) is 12.4. The van der Waals surface area contributed by atoms with Crippen LogP contribution in [-0.4, -0.2) is 35.6 Å². The maximum atomic E-state index is 11.9. The number of nitrogens with zero attached hydrogens (tertiary/aromatic N) is 1. The molecule has 1 fully saturated rings. The normalized spacial score (nSPS) is 18.1. The summed E-state index contributed by atoms with van der Waals surface area (Å²) in [5.74, 6) is -1.20. The van der Waals surface area contributed by atoms with E-state index in [-0.39, 0.29) is 11.5 Å². The molecule has 1 aromatic carbocycles. The molecule has 0 aliphatic carbocycles. The molecule has 0 radical (unpaired) electrons. The summed E-state index contributed by atoms with van der Waals surface area (Å²) in [6.45, 7) is 4.47. The Labute approximate surface area is 116 Å². The Morgan fingerprint density at radius 3 is 2.79 bits per heavy atom. The number of para-hydroxylation sites is 1. The number of carbonyl (C=O) groups excluding carboxylic acids is 1. The second-order valence-corrected chi connectivity index (χ2v) is 5.31. The molecule has 5 nitrogen and oxygen atoms in total. The number of carbonyl (C=O) groups is 2. The number of benzene rings is 1. The third kappa shape index (κ3) is 2.26. The molecular formula is C13H15ClN2O3. The Hall–Kier alpha value is -1.75. The van der Waals surface area contributed by atoms with Crippen molar-refractivity contribution in [2.24, 2.45) is 0 Å². The van der Waals surface area contributed by atoms with E-state index in [0.717, 1.165) is 0 Å². The fourth-order valence-corrected chi connectivity index (χ4v) is 2.53. The van der Waals surface area contributed by atoms with Crippen LogP contribution >= 0.6 is 11.6 Å². The fraction of sp³-hybridized carbons (Fsp3) is 0.385. The van der Waals surface area contributed by atoms with Crippen LogP contribution in [0.2, 0.25) is 5.02 Å². The topological polar surface area (TPSA) is 69.6 Å². The van der Waals surface area contributed by atoms with Crippen LogP contribution in [0.5, 0.6) is 0 Å². The van der Waals surface area contributed by atoms with Crippen molar-refractivity contribution in [1.82, 2.24) is 5.32 Å². The van der Waals surface area contributed by atoms with Gasteiger partial charge in [-0.15, -0.1) is 0 Å². The third-order valence-electron chi connectivity index (χ3n) is 3.34. The molecule has 1 aliphatic heterocycles. The Balaban J connectivity index is 2.58. The molecule has 102 valence electrons. The number of rotatable bonds is 2. The van der Waals surface area contributed by atoms with Gasteiger partial charge >= 0.3 is 5.97 Å².